The normalized spacial score (nSPS) is 13.6. The van der Waals surface area contributed by atoms with Crippen LogP contribution in [0.5, 0.6) is 0 Å². The fraction of sp³-hybridized carbons (Fsp3) is 0.296. The van der Waals surface area contributed by atoms with Gasteiger partial charge in [-0.15, -0.1) is 0 Å². The Balaban J connectivity index is 1.81. The molecule has 0 aliphatic rings. The minimum absolute atomic E-state index is 0.298. The van der Waals surface area contributed by atoms with Crippen molar-refractivity contribution in [1.82, 2.24) is 14.6 Å². The van der Waals surface area contributed by atoms with Crippen molar-refractivity contribution >= 4 is 11.6 Å². The van der Waals surface area contributed by atoms with Crippen molar-refractivity contribution in [1.29, 1.82) is 0 Å². The molecule has 1 atom stereocenters. The first-order valence-corrected chi connectivity index (χ1v) is 11.1. The summed E-state index contributed by atoms with van der Waals surface area (Å²) in [7, 11) is 0. The Hall–Kier alpha value is -3.51. The lowest BCUT2D eigenvalue weighted by Gasteiger charge is -2.28. The van der Waals surface area contributed by atoms with Crippen LogP contribution in [-0.2, 0) is 27.0 Å². The first-order chi connectivity index (χ1) is 15.7. The van der Waals surface area contributed by atoms with E-state index in [0.29, 0.717) is 24.4 Å². The van der Waals surface area contributed by atoms with Crippen molar-refractivity contribution < 1.29 is 14.6 Å². The van der Waals surface area contributed by atoms with Crippen LogP contribution >= 0.6 is 0 Å². The number of rotatable bonds is 7. The molecular weight excluding hydrogens is 414 g/mol. The molecule has 0 aliphatic carbocycles. The van der Waals surface area contributed by atoms with E-state index < -0.39 is 11.0 Å². The Bertz CT molecular complexity index is 1260. The Morgan fingerprint density at radius 2 is 1.73 bits per heavy atom. The number of aromatic nitrogens is 3. The average Bonchev–Trinajstić information content (AvgIpc) is 3.23. The molecule has 0 bridgehead atoms. The van der Waals surface area contributed by atoms with Crippen LogP contribution in [0.4, 0.5) is 0 Å². The van der Waals surface area contributed by atoms with Crippen LogP contribution in [0, 0.1) is 0 Å². The molecule has 6 nitrogen and oxygen atoms in total. The van der Waals surface area contributed by atoms with Gasteiger partial charge in [-0.05, 0) is 56.9 Å². The summed E-state index contributed by atoms with van der Waals surface area (Å²) >= 11 is 0. The third-order valence-corrected chi connectivity index (χ3v) is 6.00. The summed E-state index contributed by atoms with van der Waals surface area (Å²) in [6.07, 6.45) is 3.95. The quantitative estimate of drug-likeness (QED) is 0.420. The van der Waals surface area contributed by atoms with Crippen LogP contribution in [0.1, 0.15) is 44.5 Å². The number of carbonyl (C=O) groups excluding carboxylic acids is 1. The molecule has 0 spiro atoms. The Kier molecular flexibility index (Phi) is 6.04. The van der Waals surface area contributed by atoms with E-state index in [-0.39, 0.29) is 5.97 Å². The molecule has 0 saturated carbocycles. The van der Waals surface area contributed by atoms with E-state index in [1.165, 1.54) is 0 Å². The minimum atomic E-state index is -0.952. The lowest BCUT2D eigenvalue weighted by molar-refractivity contribution is -0.149. The van der Waals surface area contributed by atoms with Gasteiger partial charge in [-0.25, -0.2) is 9.50 Å². The van der Waals surface area contributed by atoms with Gasteiger partial charge in [0.05, 0.1) is 24.1 Å². The van der Waals surface area contributed by atoms with Crippen molar-refractivity contribution in [2.75, 3.05) is 6.61 Å². The lowest BCUT2D eigenvalue weighted by atomic mass is 9.80. The zero-order chi connectivity index (χ0) is 23.6. The topological polar surface area (TPSA) is 76.7 Å². The van der Waals surface area contributed by atoms with Crippen molar-refractivity contribution in [2.24, 2.45) is 0 Å². The number of esters is 1. The van der Waals surface area contributed by atoms with Gasteiger partial charge < -0.3 is 9.84 Å². The highest BCUT2D eigenvalue weighted by molar-refractivity contribution is 5.84. The van der Waals surface area contributed by atoms with E-state index >= 15 is 0 Å². The molecule has 0 saturated heterocycles. The number of hydrogen-bond acceptors (Lipinski definition) is 5. The Morgan fingerprint density at radius 3 is 2.36 bits per heavy atom. The molecular formula is C27H29N3O3. The van der Waals surface area contributed by atoms with E-state index in [4.69, 9.17) is 4.74 Å². The van der Waals surface area contributed by atoms with Gasteiger partial charge in [-0.3, -0.25) is 4.79 Å². The highest BCUT2D eigenvalue weighted by Gasteiger charge is 2.39. The highest BCUT2D eigenvalue weighted by Crippen LogP contribution is 2.33. The van der Waals surface area contributed by atoms with Crippen molar-refractivity contribution in [2.45, 2.75) is 45.1 Å². The maximum Gasteiger partial charge on any atom is 0.318 e. The van der Waals surface area contributed by atoms with E-state index in [1.54, 1.807) is 30.8 Å². The van der Waals surface area contributed by atoms with E-state index in [0.717, 1.165) is 22.3 Å². The molecule has 4 rings (SSSR count). The van der Waals surface area contributed by atoms with Crippen LogP contribution < -0.4 is 0 Å². The van der Waals surface area contributed by atoms with Crippen LogP contribution in [0.15, 0.2) is 73.1 Å². The molecule has 4 aromatic rings. The summed E-state index contributed by atoms with van der Waals surface area (Å²) in [5.41, 5.74) is 3.16. The smallest absolute Gasteiger partial charge is 0.318 e. The molecule has 170 valence electrons. The largest absolute Gasteiger partial charge is 0.465 e. The maximum absolute atomic E-state index is 13.2. The van der Waals surface area contributed by atoms with Gasteiger partial charge in [0.2, 0.25) is 0 Å². The molecule has 2 aromatic heterocycles. The summed E-state index contributed by atoms with van der Waals surface area (Å²) in [6, 6.07) is 19.4. The summed E-state index contributed by atoms with van der Waals surface area (Å²) < 4.78 is 7.23. The predicted octanol–water partition coefficient (Wildman–Crippen LogP) is 4.69. The first kappa shape index (κ1) is 22.7. The number of fused-ring (bicyclic) bond motifs is 1. The molecule has 2 aromatic carbocycles. The predicted molar refractivity (Wildman–Crippen MR) is 128 cm³/mol. The summed E-state index contributed by atoms with van der Waals surface area (Å²) in [6.45, 7) is 7.52. The third-order valence-electron chi connectivity index (χ3n) is 6.00. The van der Waals surface area contributed by atoms with Gasteiger partial charge in [0.25, 0.3) is 0 Å². The van der Waals surface area contributed by atoms with Gasteiger partial charge >= 0.3 is 5.97 Å². The number of ether oxygens (including phenoxy) is 1. The second-order valence-electron chi connectivity index (χ2n) is 8.98. The van der Waals surface area contributed by atoms with Gasteiger partial charge in [0, 0.05) is 11.8 Å². The van der Waals surface area contributed by atoms with E-state index in [2.05, 4.69) is 10.1 Å². The number of benzene rings is 2. The first-order valence-electron chi connectivity index (χ1n) is 11.1. The van der Waals surface area contributed by atoms with Crippen LogP contribution in [-0.4, -0.2) is 32.3 Å². The highest BCUT2D eigenvalue weighted by atomic mass is 16.5. The summed E-state index contributed by atoms with van der Waals surface area (Å²) in [5.74, 6) is -0.298. The van der Waals surface area contributed by atoms with Crippen molar-refractivity contribution in [3.63, 3.8) is 0 Å². The molecule has 1 N–H and O–H groups in total. The van der Waals surface area contributed by atoms with Gasteiger partial charge in [0.15, 0.2) is 5.65 Å². The number of hydrogen-bond donors (Lipinski definition) is 1. The van der Waals surface area contributed by atoms with E-state index in [9.17, 15) is 9.90 Å². The zero-order valence-electron chi connectivity index (χ0n) is 19.4. The molecule has 0 amide bonds. The molecule has 2 heterocycles. The van der Waals surface area contributed by atoms with Gasteiger partial charge in [0.1, 0.15) is 5.41 Å². The minimum Gasteiger partial charge on any atom is -0.465 e. The molecule has 0 fully saturated rings. The molecule has 33 heavy (non-hydrogen) atoms. The standard InChI is InChI=1S/C27H29N3O3/c1-5-33-25(31)27(4,17-19-9-7-6-8-10-19)23-15-16-28-24-22(18-29-30(23)24)20-11-13-21(14-12-20)26(2,3)32/h6-16,18,32H,5,17H2,1-4H3. The number of carbonyl (C=O) groups is 1. The third kappa shape index (κ3) is 4.39. The lowest BCUT2D eigenvalue weighted by Crippen LogP contribution is -2.38. The summed E-state index contributed by atoms with van der Waals surface area (Å²) in [5, 5.41) is 14.9. The Labute approximate surface area is 193 Å². The maximum atomic E-state index is 13.2. The molecule has 0 radical (unpaired) electrons. The number of aliphatic hydroxyl groups is 1. The summed E-state index contributed by atoms with van der Waals surface area (Å²) in [4.78, 5) is 17.8. The SMILES string of the molecule is CCOC(=O)C(C)(Cc1ccccc1)c1ccnc2c(-c3ccc(C(C)(C)O)cc3)cnn12. The molecule has 6 heteroatoms. The fourth-order valence-electron chi connectivity index (χ4n) is 4.13. The second kappa shape index (κ2) is 8.79. The zero-order valence-corrected chi connectivity index (χ0v) is 19.4. The number of nitrogens with zero attached hydrogens (tertiary/aromatic N) is 3. The van der Waals surface area contributed by atoms with E-state index in [1.807, 2.05) is 74.5 Å². The van der Waals surface area contributed by atoms with Crippen molar-refractivity contribution in [3.8, 4) is 11.1 Å². The fourth-order valence-corrected chi connectivity index (χ4v) is 4.13. The molecule has 1 unspecified atom stereocenters. The molecule has 0 aliphatic heterocycles. The monoisotopic (exact) mass is 443 g/mol. The van der Waals surface area contributed by atoms with Crippen LogP contribution in [0.2, 0.25) is 0 Å². The van der Waals surface area contributed by atoms with Gasteiger partial charge in [-0.1, -0.05) is 54.6 Å². The average molecular weight is 444 g/mol. The van der Waals surface area contributed by atoms with Crippen LogP contribution in [0.25, 0.3) is 16.8 Å². The Morgan fingerprint density at radius 1 is 1.03 bits per heavy atom. The second-order valence-corrected chi connectivity index (χ2v) is 8.98. The van der Waals surface area contributed by atoms with Crippen molar-refractivity contribution in [3.05, 3.63) is 89.9 Å². The van der Waals surface area contributed by atoms with Crippen LogP contribution in [0.3, 0.4) is 0 Å². The van der Waals surface area contributed by atoms with Gasteiger partial charge in [-0.2, -0.15) is 5.10 Å².